The maximum Gasteiger partial charge on any atom is 0.344 e. The summed E-state index contributed by atoms with van der Waals surface area (Å²) in [5, 5.41) is 9.33. The molecule has 0 unspecified atom stereocenters. The number of benzene rings is 1. The Labute approximate surface area is 127 Å². The number of carbonyl (C=O) groups excluding carboxylic acids is 1. The number of aromatic carboxylic acids is 1. The lowest BCUT2D eigenvalue weighted by atomic mass is 10.2. The molecule has 0 aliphatic carbocycles. The molecule has 1 rings (SSSR count). The number of ether oxygens (including phenoxy) is 3. The first-order valence-electron chi connectivity index (χ1n) is 6.38. The molecule has 0 saturated heterocycles. The zero-order valence-corrected chi connectivity index (χ0v) is 12.6. The fraction of sp³-hybridized carbons (Fsp3) is 0.429. The maximum atomic E-state index is 11.5. The Morgan fingerprint density at radius 3 is 2.62 bits per heavy atom. The Balaban J connectivity index is 2.81. The monoisotopic (exact) mass is 316 g/mol. The lowest BCUT2D eigenvalue weighted by molar-refractivity contribution is -0.146. The van der Waals surface area contributed by atoms with Gasteiger partial charge in [0.15, 0.2) is 18.1 Å². The molecule has 0 fully saturated rings. The minimum atomic E-state index is -1.23. The molecular formula is C14H17ClO6. The van der Waals surface area contributed by atoms with E-state index in [1.807, 2.05) is 6.92 Å². The summed E-state index contributed by atoms with van der Waals surface area (Å²) in [6.07, 6.45) is 1.67. The Morgan fingerprint density at radius 2 is 2.05 bits per heavy atom. The number of carbonyl (C=O) groups is 2. The molecule has 6 nitrogen and oxygen atoms in total. The van der Waals surface area contributed by atoms with E-state index in [2.05, 4.69) is 0 Å². The summed E-state index contributed by atoms with van der Waals surface area (Å²) in [5.41, 5.74) is -0.180. The molecule has 21 heavy (non-hydrogen) atoms. The van der Waals surface area contributed by atoms with Gasteiger partial charge in [-0.15, -0.1) is 0 Å². The quantitative estimate of drug-likeness (QED) is 0.586. The van der Waals surface area contributed by atoms with E-state index in [4.69, 9.17) is 30.9 Å². The highest BCUT2D eigenvalue weighted by Gasteiger charge is 2.19. The summed E-state index contributed by atoms with van der Waals surface area (Å²) >= 11 is 5.80. The van der Waals surface area contributed by atoms with Crippen LogP contribution in [0.4, 0.5) is 0 Å². The molecule has 0 amide bonds. The molecule has 0 saturated carbocycles. The van der Waals surface area contributed by atoms with Crippen LogP contribution in [0.1, 0.15) is 30.1 Å². The van der Waals surface area contributed by atoms with Crippen molar-refractivity contribution in [3.63, 3.8) is 0 Å². The van der Waals surface area contributed by atoms with Crippen molar-refractivity contribution in [2.75, 3.05) is 20.3 Å². The van der Waals surface area contributed by atoms with Crippen molar-refractivity contribution < 1.29 is 28.9 Å². The van der Waals surface area contributed by atoms with Crippen LogP contribution in [0.15, 0.2) is 12.1 Å². The Hall–Kier alpha value is -1.95. The lowest BCUT2D eigenvalue weighted by Crippen LogP contribution is -2.17. The van der Waals surface area contributed by atoms with Crippen LogP contribution < -0.4 is 9.47 Å². The molecule has 0 bridgehead atoms. The van der Waals surface area contributed by atoms with Gasteiger partial charge in [-0.1, -0.05) is 24.9 Å². The number of rotatable bonds is 8. The van der Waals surface area contributed by atoms with Crippen LogP contribution in [-0.2, 0) is 9.53 Å². The number of methoxy groups -OCH3 is 1. The van der Waals surface area contributed by atoms with Crippen LogP contribution in [0.2, 0.25) is 5.02 Å². The minimum Gasteiger partial charge on any atom is -0.493 e. The number of carboxylic acid groups (broad SMARTS) is 1. The van der Waals surface area contributed by atoms with Crippen LogP contribution in [0.3, 0.4) is 0 Å². The van der Waals surface area contributed by atoms with Crippen molar-refractivity contribution in [1.29, 1.82) is 0 Å². The normalized spacial score (nSPS) is 10.0. The highest BCUT2D eigenvalue weighted by Crippen LogP contribution is 2.34. The molecule has 0 aromatic heterocycles. The van der Waals surface area contributed by atoms with Gasteiger partial charge in [-0.3, -0.25) is 0 Å². The maximum absolute atomic E-state index is 11.5. The Morgan fingerprint density at radius 1 is 1.33 bits per heavy atom. The molecule has 0 heterocycles. The van der Waals surface area contributed by atoms with Crippen LogP contribution in [0.5, 0.6) is 11.5 Å². The molecule has 1 N–H and O–H groups in total. The third kappa shape index (κ3) is 5.15. The molecule has 0 aliphatic rings. The number of halogens is 1. The van der Waals surface area contributed by atoms with Gasteiger partial charge in [0.05, 0.1) is 13.7 Å². The van der Waals surface area contributed by atoms with Crippen molar-refractivity contribution in [1.82, 2.24) is 0 Å². The molecule has 7 heteroatoms. The van der Waals surface area contributed by atoms with Crippen molar-refractivity contribution in [2.24, 2.45) is 0 Å². The first-order valence-corrected chi connectivity index (χ1v) is 6.76. The van der Waals surface area contributed by atoms with E-state index in [1.54, 1.807) is 0 Å². The SMILES string of the molecule is CCCCOC(=O)COc1c(OC)cc(Cl)cc1C(=O)O. The number of esters is 1. The third-order valence-electron chi connectivity index (χ3n) is 2.57. The summed E-state index contributed by atoms with van der Waals surface area (Å²) < 4.78 is 15.2. The average molecular weight is 317 g/mol. The van der Waals surface area contributed by atoms with Crippen molar-refractivity contribution in [3.05, 3.63) is 22.7 Å². The van der Waals surface area contributed by atoms with E-state index in [9.17, 15) is 9.59 Å². The molecule has 116 valence electrons. The zero-order chi connectivity index (χ0) is 15.8. The fourth-order valence-electron chi connectivity index (χ4n) is 1.53. The van der Waals surface area contributed by atoms with E-state index < -0.39 is 18.5 Å². The predicted octanol–water partition coefficient (Wildman–Crippen LogP) is 2.77. The van der Waals surface area contributed by atoms with Gasteiger partial charge in [-0.25, -0.2) is 9.59 Å². The summed E-state index contributed by atoms with van der Waals surface area (Å²) in [7, 11) is 1.35. The number of unbranched alkanes of at least 4 members (excludes halogenated alkanes) is 1. The predicted molar refractivity (Wildman–Crippen MR) is 76.3 cm³/mol. The van der Waals surface area contributed by atoms with E-state index in [0.29, 0.717) is 6.61 Å². The second kappa shape index (κ2) is 8.36. The zero-order valence-electron chi connectivity index (χ0n) is 11.8. The summed E-state index contributed by atoms with van der Waals surface area (Å²) in [5.74, 6) is -1.72. The van der Waals surface area contributed by atoms with E-state index >= 15 is 0 Å². The molecule has 0 radical (unpaired) electrons. The highest BCUT2D eigenvalue weighted by molar-refractivity contribution is 6.31. The molecule has 1 aromatic carbocycles. The van der Waals surface area contributed by atoms with Gasteiger partial charge < -0.3 is 19.3 Å². The third-order valence-corrected chi connectivity index (χ3v) is 2.78. The second-order valence-corrected chi connectivity index (χ2v) is 4.59. The smallest absolute Gasteiger partial charge is 0.344 e. The molecule has 0 aliphatic heterocycles. The van der Waals surface area contributed by atoms with Gasteiger partial charge >= 0.3 is 11.9 Å². The van der Waals surface area contributed by atoms with Gasteiger partial charge in [0.2, 0.25) is 0 Å². The van der Waals surface area contributed by atoms with E-state index in [1.165, 1.54) is 19.2 Å². The van der Waals surface area contributed by atoms with Gasteiger partial charge in [-0.2, -0.15) is 0 Å². The van der Waals surface area contributed by atoms with Crippen LogP contribution in [-0.4, -0.2) is 37.4 Å². The van der Waals surface area contributed by atoms with Gasteiger partial charge in [-0.05, 0) is 12.5 Å². The highest BCUT2D eigenvalue weighted by atomic mass is 35.5. The molecular weight excluding hydrogens is 300 g/mol. The van der Waals surface area contributed by atoms with Crippen molar-refractivity contribution in [2.45, 2.75) is 19.8 Å². The van der Waals surface area contributed by atoms with Crippen LogP contribution in [0.25, 0.3) is 0 Å². The second-order valence-electron chi connectivity index (χ2n) is 4.15. The number of hydrogen-bond donors (Lipinski definition) is 1. The molecule has 1 aromatic rings. The number of carboxylic acids is 1. The van der Waals surface area contributed by atoms with Gasteiger partial charge in [0.25, 0.3) is 0 Å². The average Bonchev–Trinajstić information content (AvgIpc) is 2.45. The van der Waals surface area contributed by atoms with E-state index in [-0.39, 0.29) is 22.1 Å². The van der Waals surface area contributed by atoms with Gasteiger partial charge in [0.1, 0.15) is 5.56 Å². The summed E-state index contributed by atoms with van der Waals surface area (Å²) in [6, 6.07) is 2.63. The standard InChI is InChI=1S/C14H17ClO6/c1-3-4-5-20-12(16)8-21-13-10(14(17)18)6-9(15)7-11(13)19-2/h6-7H,3-5,8H2,1-2H3,(H,17,18). The first-order chi connectivity index (χ1) is 9.99. The van der Waals surface area contributed by atoms with E-state index in [0.717, 1.165) is 12.8 Å². The Kier molecular flexibility index (Phi) is 6.81. The van der Waals surface area contributed by atoms with Crippen LogP contribution in [0, 0.1) is 0 Å². The Bertz CT molecular complexity index is 514. The topological polar surface area (TPSA) is 82.1 Å². The minimum absolute atomic E-state index is 0.0539. The van der Waals surface area contributed by atoms with Crippen LogP contribution >= 0.6 is 11.6 Å². The number of hydrogen-bond acceptors (Lipinski definition) is 5. The summed E-state index contributed by atoms with van der Waals surface area (Å²) in [6.45, 7) is 1.88. The fourth-order valence-corrected chi connectivity index (χ4v) is 1.74. The molecule has 0 spiro atoms. The van der Waals surface area contributed by atoms with Crippen molar-refractivity contribution in [3.8, 4) is 11.5 Å². The van der Waals surface area contributed by atoms with Gasteiger partial charge in [0, 0.05) is 11.1 Å². The summed E-state index contributed by atoms with van der Waals surface area (Å²) in [4.78, 5) is 22.7. The molecule has 0 atom stereocenters. The first kappa shape index (κ1) is 17.1. The lowest BCUT2D eigenvalue weighted by Gasteiger charge is -2.13. The largest absolute Gasteiger partial charge is 0.493 e. The van der Waals surface area contributed by atoms with Crippen molar-refractivity contribution >= 4 is 23.5 Å².